The topological polar surface area (TPSA) is 21.3 Å². The summed E-state index contributed by atoms with van der Waals surface area (Å²) in [5, 5.41) is 3.60. The minimum atomic E-state index is -0.161. The number of hydrogen-bond donors (Lipinski definition) is 1. The van der Waals surface area contributed by atoms with Crippen LogP contribution < -0.4 is 5.32 Å². The second-order valence-electron chi connectivity index (χ2n) is 5.96. The van der Waals surface area contributed by atoms with Gasteiger partial charge < -0.3 is 10.1 Å². The van der Waals surface area contributed by atoms with Crippen LogP contribution in [0.3, 0.4) is 0 Å². The van der Waals surface area contributed by atoms with Crippen LogP contribution in [0.2, 0.25) is 0 Å². The van der Waals surface area contributed by atoms with Crippen LogP contribution in [-0.4, -0.2) is 24.8 Å². The molecular formula is C17H26FNO. The molecule has 0 aliphatic carbocycles. The average molecular weight is 279 g/mol. The molecule has 2 rings (SSSR count). The van der Waals surface area contributed by atoms with Crippen molar-refractivity contribution in [3.8, 4) is 0 Å². The molecule has 1 aromatic carbocycles. The van der Waals surface area contributed by atoms with Gasteiger partial charge in [0, 0.05) is 12.6 Å². The monoisotopic (exact) mass is 279 g/mol. The molecule has 20 heavy (non-hydrogen) atoms. The molecule has 0 aromatic heterocycles. The Hall–Kier alpha value is -0.930. The van der Waals surface area contributed by atoms with E-state index < -0.39 is 0 Å². The standard InChI is InChI=1S/C17H26FNO/c1-3-10-19-16(17(2)9-4-5-11-20-17)13-14-7-6-8-15(18)12-14/h6-8,12,16,19H,3-5,9-11,13H2,1-2H3. The van der Waals surface area contributed by atoms with Gasteiger partial charge in [0.15, 0.2) is 0 Å². The van der Waals surface area contributed by atoms with E-state index in [1.807, 2.05) is 6.07 Å². The zero-order valence-electron chi connectivity index (χ0n) is 12.6. The van der Waals surface area contributed by atoms with Crippen LogP contribution in [0.1, 0.15) is 45.1 Å². The van der Waals surface area contributed by atoms with Gasteiger partial charge in [0.2, 0.25) is 0 Å². The van der Waals surface area contributed by atoms with Gasteiger partial charge in [-0.3, -0.25) is 0 Å². The molecule has 2 atom stereocenters. The molecule has 1 heterocycles. The predicted molar refractivity (Wildman–Crippen MR) is 80.4 cm³/mol. The summed E-state index contributed by atoms with van der Waals surface area (Å²) in [5.41, 5.74) is 0.897. The van der Waals surface area contributed by atoms with Gasteiger partial charge in [0.25, 0.3) is 0 Å². The first kappa shape index (κ1) is 15.5. The molecule has 1 N–H and O–H groups in total. The van der Waals surface area contributed by atoms with Gasteiger partial charge in [-0.2, -0.15) is 0 Å². The number of nitrogens with one attached hydrogen (secondary N) is 1. The van der Waals surface area contributed by atoms with Gasteiger partial charge in [0.1, 0.15) is 5.82 Å². The van der Waals surface area contributed by atoms with E-state index in [2.05, 4.69) is 19.2 Å². The molecule has 1 fully saturated rings. The zero-order chi connectivity index (χ0) is 14.4. The Balaban J connectivity index is 2.10. The summed E-state index contributed by atoms with van der Waals surface area (Å²) in [4.78, 5) is 0. The quantitative estimate of drug-likeness (QED) is 0.857. The van der Waals surface area contributed by atoms with Crippen molar-refractivity contribution in [2.45, 2.75) is 57.6 Å². The number of benzene rings is 1. The molecule has 0 amide bonds. The lowest BCUT2D eigenvalue weighted by Gasteiger charge is -2.41. The maximum atomic E-state index is 13.4. The molecule has 2 nitrogen and oxygen atoms in total. The van der Waals surface area contributed by atoms with Gasteiger partial charge in [-0.15, -0.1) is 0 Å². The van der Waals surface area contributed by atoms with Crippen LogP contribution in [0.25, 0.3) is 0 Å². The Morgan fingerprint density at radius 2 is 2.25 bits per heavy atom. The molecule has 0 spiro atoms. The third-order valence-electron chi connectivity index (χ3n) is 4.21. The van der Waals surface area contributed by atoms with Gasteiger partial charge in [-0.05, 0) is 63.3 Å². The number of ether oxygens (including phenoxy) is 1. The van der Waals surface area contributed by atoms with Crippen molar-refractivity contribution in [3.63, 3.8) is 0 Å². The SMILES string of the molecule is CCCNC(Cc1cccc(F)c1)C1(C)CCCCO1. The molecule has 0 saturated carbocycles. The van der Waals surface area contributed by atoms with E-state index in [1.165, 1.54) is 12.5 Å². The van der Waals surface area contributed by atoms with Crippen molar-refractivity contribution < 1.29 is 9.13 Å². The highest BCUT2D eigenvalue weighted by Gasteiger charge is 2.36. The molecule has 1 saturated heterocycles. The third kappa shape index (κ3) is 4.03. The molecule has 2 unspecified atom stereocenters. The minimum absolute atomic E-state index is 0.139. The van der Waals surface area contributed by atoms with Crippen molar-refractivity contribution in [1.29, 1.82) is 0 Å². The molecule has 3 heteroatoms. The Labute approximate surface area is 121 Å². The highest BCUT2D eigenvalue weighted by atomic mass is 19.1. The molecule has 1 aliphatic rings. The fourth-order valence-electron chi connectivity index (χ4n) is 2.95. The summed E-state index contributed by atoms with van der Waals surface area (Å²) in [5.74, 6) is -0.161. The van der Waals surface area contributed by atoms with Crippen molar-refractivity contribution in [1.82, 2.24) is 5.32 Å². The number of halogens is 1. The normalized spacial score (nSPS) is 24.6. The predicted octanol–water partition coefficient (Wildman–Crippen LogP) is 3.70. The highest BCUT2D eigenvalue weighted by Crippen LogP contribution is 2.29. The summed E-state index contributed by atoms with van der Waals surface area (Å²) in [7, 11) is 0. The molecular weight excluding hydrogens is 253 g/mol. The van der Waals surface area contributed by atoms with E-state index in [0.717, 1.165) is 44.4 Å². The number of rotatable bonds is 6. The van der Waals surface area contributed by atoms with E-state index >= 15 is 0 Å². The first-order valence-corrected chi connectivity index (χ1v) is 7.76. The smallest absolute Gasteiger partial charge is 0.123 e. The molecule has 112 valence electrons. The lowest BCUT2D eigenvalue weighted by atomic mass is 9.84. The van der Waals surface area contributed by atoms with Gasteiger partial charge in [-0.25, -0.2) is 4.39 Å². The van der Waals surface area contributed by atoms with Crippen molar-refractivity contribution in [2.75, 3.05) is 13.2 Å². The van der Waals surface area contributed by atoms with E-state index in [9.17, 15) is 4.39 Å². The van der Waals surface area contributed by atoms with Crippen LogP contribution in [0.5, 0.6) is 0 Å². The first-order chi connectivity index (χ1) is 9.64. The summed E-state index contributed by atoms with van der Waals surface area (Å²) in [6, 6.07) is 7.15. The molecule has 1 aromatic rings. The Morgan fingerprint density at radius 3 is 2.90 bits per heavy atom. The van der Waals surface area contributed by atoms with E-state index in [0.29, 0.717) is 0 Å². The van der Waals surface area contributed by atoms with Crippen LogP contribution in [0.15, 0.2) is 24.3 Å². The van der Waals surface area contributed by atoms with E-state index in [1.54, 1.807) is 12.1 Å². The van der Waals surface area contributed by atoms with Crippen LogP contribution in [0, 0.1) is 5.82 Å². The summed E-state index contributed by atoms with van der Waals surface area (Å²) in [6.45, 7) is 6.16. The zero-order valence-corrected chi connectivity index (χ0v) is 12.6. The summed E-state index contributed by atoms with van der Waals surface area (Å²) < 4.78 is 19.4. The Kier molecular flexibility index (Phi) is 5.55. The van der Waals surface area contributed by atoms with Gasteiger partial charge >= 0.3 is 0 Å². The Bertz CT molecular complexity index is 415. The third-order valence-corrected chi connectivity index (χ3v) is 4.21. The van der Waals surface area contributed by atoms with Crippen molar-refractivity contribution in [2.24, 2.45) is 0 Å². The van der Waals surface area contributed by atoms with E-state index in [-0.39, 0.29) is 17.5 Å². The fourth-order valence-corrected chi connectivity index (χ4v) is 2.95. The van der Waals surface area contributed by atoms with Gasteiger partial charge in [-0.1, -0.05) is 19.1 Å². The largest absolute Gasteiger partial charge is 0.374 e. The van der Waals surface area contributed by atoms with Crippen molar-refractivity contribution in [3.05, 3.63) is 35.6 Å². The lowest BCUT2D eigenvalue weighted by molar-refractivity contribution is -0.0883. The van der Waals surface area contributed by atoms with Gasteiger partial charge in [0.05, 0.1) is 5.60 Å². The summed E-state index contributed by atoms with van der Waals surface area (Å²) >= 11 is 0. The van der Waals surface area contributed by atoms with Crippen LogP contribution in [0.4, 0.5) is 4.39 Å². The number of hydrogen-bond acceptors (Lipinski definition) is 2. The Morgan fingerprint density at radius 1 is 1.40 bits per heavy atom. The molecule has 0 radical (unpaired) electrons. The average Bonchev–Trinajstić information content (AvgIpc) is 2.44. The second-order valence-corrected chi connectivity index (χ2v) is 5.96. The second kappa shape index (κ2) is 7.19. The highest BCUT2D eigenvalue weighted by molar-refractivity contribution is 5.18. The maximum Gasteiger partial charge on any atom is 0.123 e. The van der Waals surface area contributed by atoms with Crippen LogP contribution >= 0.6 is 0 Å². The summed E-state index contributed by atoms with van der Waals surface area (Å²) in [6.07, 6.45) is 5.34. The molecule has 1 aliphatic heterocycles. The molecule has 0 bridgehead atoms. The van der Waals surface area contributed by atoms with Crippen LogP contribution in [-0.2, 0) is 11.2 Å². The lowest BCUT2D eigenvalue weighted by Crippen LogP contribution is -2.53. The van der Waals surface area contributed by atoms with E-state index in [4.69, 9.17) is 4.74 Å². The van der Waals surface area contributed by atoms with Crippen molar-refractivity contribution >= 4 is 0 Å². The fraction of sp³-hybridized carbons (Fsp3) is 0.647. The minimum Gasteiger partial charge on any atom is -0.374 e. The first-order valence-electron chi connectivity index (χ1n) is 7.76. The maximum absolute atomic E-state index is 13.4.